The quantitative estimate of drug-likeness (QED) is 0.164. The van der Waals surface area contributed by atoms with E-state index in [1.807, 2.05) is 35.2 Å². The second-order valence-electron chi connectivity index (χ2n) is 7.30. The molecule has 12 nitrogen and oxygen atoms in total. The van der Waals surface area contributed by atoms with Crippen molar-refractivity contribution in [3.05, 3.63) is 64.2 Å². The van der Waals surface area contributed by atoms with Gasteiger partial charge in [0.05, 0.1) is 35.9 Å². The van der Waals surface area contributed by atoms with Gasteiger partial charge in [0, 0.05) is 36.2 Å². The maximum absolute atomic E-state index is 11.4. The number of hydrogen-bond acceptors (Lipinski definition) is 12. The van der Waals surface area contributed by atoms with Gasteiger partial charge in [0.2, 0.25) is 17.8 Å². The summed E-state index contributed by atoms with van der Waals surface area (Å²) in [5.74, 6) is 1.44. The van der Waals surface area contributed by atoms with Crippen LogP contribution < -0.4 is 15.6 Å². The maximum atomic E-state index is 11.4. The van der Waals surface area contributed by atoms with Gasteiger partial charge in [0.1, 0.15) is 0 Å². The molecule has 2 aromatic carbocycles. The first-order chi connectivity index (χ1) is 17.1. The molecule has 182 valence electrons. The topological polar surface area (TPSA) is 151 Å². The molecule has 4 rings (SSSR count). The van der Waals surface area contributed by atoms with E-state index in [-0.39, 0.29) is 18.2 Å². The van der Waals surface area contributed by atoms with E-state index in [0.717, 1.165) is 5.69 Å². The number of morpholine rings is 1. The van der Waals surface area contributed by atoms with Crippen LogP contribution in [0.25, 0.3) is 0 Å². The highest BCUT2D eigenvalue weighted by molar-refractivity contribution is 7.99. The first kappa shape index (κ1) is 24.3. The lowest BCUT2D eigenvalue weighted by molar-refractivity contribution is -0.387. The summed E-state index contributed by atoms with van der Waals surface area (Å²) in [7, 11) is 0. The molecule has 1 saturated heterocycles. The zero-order chi connectivity index (χ0) is 24.5. The Kier molecular flexibility index (Phi) is 8.38. The summed E-state index contributed by atoms with van der Waals surface area (Å²) in [4.78, 5) is 26.9. The van der Waals surface area contributed by atoms with E-state index >= 15 is 0 Å². The third-order valence-corrected chi connectivity index (χ3v) is 5.90. The second-order valence-corrected chi connectivity index (χ2v) is 8.44. The smallest absolute Gasteiger partial charge is 0.283 e. The number of aliphatic hydroxyl groups is 1. The van der Waals surface area contributed by atoms with E-state index in [9.17, 15) is 10.1 Å². The van der Waals surface area contributed by atoms with Gasteiger partial charge in [-0.3, -0.25) is 10.1 Å². The molecule has 0 bridgehead atoms. The molecule has 0 spiro atoms. The third-order valence-electron chi connectivity index (χ3n) is 4.85. The second kappa shape index (κ2) is 12.1. The summed E-state index contributed by atoms with van der Waals surface area (Å²) in [6.45, 7) is 2.41. The molecule has 0 atom stereocenters. The van der Waals surface area contributed by atoms with E-state index in [1.165, 1.54) is 24.0 Å². The summed E-state index contributed by atoms with van der Waals surface area (Å²) in [6.07, 6.45) is 1.45. The summed E-state index contributed by atoms with van der Waals surface area (Å²) in [5, 5.41) is 27.8. The van der Waals surface area contributed by atoms with Crippen molar-refractivity contribution in [1.82, 2.24) is 15.0 Å². The minimum atomic E-state index is -0.452. The van der Waals surface area contributed by atoms with E-state index in [4.69, 9.17) is 9.84 Å². The zero-order valence-corrected chi connectivity index (χ0v) is 19.5. The Balaban J connectivity index is 1.54. The normalized spacial score (nSPS) is 13.7. The van der Waals surface area contributed by atoms with Crippen LogP contribution in [-0.4, -0.2) is 69.9 Å². The molecule has 2 heterocycles. The Morgan fingerprint density at radius 3 is 2.66 bits per heavy atom. The van der Waals surface area contributed by atoms with Gasteiger partial charge in [-0.25, -0.2) is 5.43 Å². The van der Waals surface area contributed by atoms with Crippen molar-refractivity contribution in [3.63, 3.8) is 0 Å². The highest BCUT2D eigenvalue weighted by Crippen LogP contribution is 2.29. The third kappa shape index (κ3) is 6.85. The number of aromatic nitrogens is 3. The minimum absolute atomic E-state index is 0.0449. The highest BCUT2D eigenvalue weighted by Gasteiger charge is 2.17. The lowest BCUT2D eigenvalue weighted by Gasteiger charge is -2.27. The van der Waals surface area contributed by atoms with Crippen molar-refractivity contribution in [3.8, 4) is 0 Å². The standard InChI is InChI=1S/C22H24N8O4S/c31-10-13-35-19-7-6-16(14-18(19)30(32)33)15-23-28-21-25-20(24-17-4-2-1-3-5-17)26-22(27-21)29-8-11-34-12-9-29/h1-7,14-15,31H,8-13H2,(H2,24,25,26,27,28)/b23-15+. The van der Waals surface area contributed by atoms with Gasteiger partial charge in [-0.1, -0.05) is 24.3 Å². The van der Waals surface area contributed by atoms with Crippen molar-refractivity contribution in [2.75, 3.05) is 54.3 Å². The molecule has 1 aromatic heterocycles. The highest BCUT2D eigenvalue weighted by atomic mass is 32.2. The summed E-state index contributed by atoms with van der Waals surface area (Å²) < 4.78 is 5.42. The lowest BCUT2D eigenvalue weighted by Crippen LogP contribution is -2.37. The number of nitro groups is 1. The number of aliphatic hydroxyl groups excluding tert-OH is 1. The van der Waals surface area contributed by atoms with Gasteiger partial charge in [-0.2, -0.15) is 20.1 Å². The number of para-hydroxylation sites is 1. The fourth-order valence-electron chi connectivity index (χ4n) is 3.23. The largest absolute Gasteiger partial charge is 0.396 e. The average Bonchev–Trinajstić information content (AvgIpc) is 2.89. The van der Waals surface area contributed by atoms with Crippen LogP contribution >= 0.6 is 11.8 Å². The van der Waals surface area contributed by atoms with Gasteiger partial charge in [-0.05, 0) is 18.2 Å². The molecule has 3 aromatic rings. The van der Waals surface area contributed by atoms with Crippen LogP contribution in [0.2, 0.25) is 0 Å². The number of thioether (sulfide) groups is 1. The minimum Gasteiger partial charge on any atom is -0.396 e. The molecule has 0 radical (unpaired) electrons. The molecule has 0 unspecified atom stereocenters. The van der Waals surface area contributed by atoms with Gasteiger partial charge in [0.25, 0.3) is 5.69 Å². The molecule has 0 aliphatic carbocycles. The Hall–Kier alpha value is -3.81. The molecule has 1 aliphatic heterocycles. The molecule has 1 fully saturated rings. The van der Waals surface area contributed by atoms with Crippen LogP contribution in [0.5, 0.6) is 0 Å². The summed E-state index contributed by atoms with van der Waals surface area (Å²) in [6, 6.07) is 14.3. The Morgan fingerprint density at radius 2 is 1.91 bits per heavy atom. The van der Waals surface area contributed by atoms with Crippen molar-refractivity contribution in [2.45, 2.75) is 4.90 Å². The number of nitrogens with zero attached hydrogens (tertiary/aromatic N) is 6. The number of ether oxygens (including phenoxy) is 1. The molecule has 1 aliphatic rings. The first-order valence-electron chi connectivity index (χ1n) is 10.8. The van der Waals surface area contributed by atoms with Crippen molar-refractivity contribution in [2.24, 2.45) is 5.10 Å². The van der Waals surface area contributed by atoms with E-state index in [1.54, 1.807) is 12.1 Å². The van der Waals surface area contributed by atoms with Gasteiger partial charge < -0.3 is 20.1 Å². The number of nitro benzene ring substituents is 1. The van der Waals surface area contributed by atoms with Crippen LogP contribution in [-0.2, 0) is 4.74 Å². The molecule has 0 saturated carbocycles. The number of hydrazone groups is 1. The van der Waals surface area contributed by atoms with Crippen LogP contribution in [0.1, 0.15) is 5.56 Å². The Morgan fingerprint density at radius 1 is 1.14 bits per heavy atom. The van der Waals surface area contributed by atoms with E-state index < -0.39 is 4.92 Å². The number of hydrogen-bond donors (Lipinski definition) is 3. The van der Waals surface area contributed by atoms with Crippen molar-refractivity contribution in [1.29, 1.82) is 0 Å². The van der Waals surface area contributed by atoms with E-state index in [2.05, 4.69) is 30.8 Å². The summed E-state index contributed by atoms with van der Waals surface area (Å²) in [5.41, 5.74) is 4.11. The Bertz CT molecular complexity index is 1180. The fourth-order valence-corrected chi connectivity index (χ4v) is 3.98. The zero-order valence-electron chi connectivity index (χ0n) is 18.7. The monoisotopic (exact) mass is 496 g/mol. The van der Waals surface area contributed by atoms with Gasteiger partial charge in [0.15, 0.2) is 0 Å². The summed E-state index contributed by atoms with van der Waals surface area (Å²) >= 11 is 1.22. The van der Waals surface area contributed by atoms with Gasteiger partial charge in [-0.15, -0.1) is 11.8 Å². The molecule has 35 heavy (non-hydrogen) atoms. The molecule has 0 amide bonds. The SMILES string of the molecule is O=[N+]([O-])c1cc(/C=N/Nc2nc(Nc3ccccc3)nc(N3CCOCC3)n2)ccc1SCCO. The average molecular weight is 497 g/mol. The fraction of sp³-hybridized carbons (Fsp3) is 0.273. The maximum Gasteiger partial charge on any atom is 0.283 e. The Labute approximate surface area is 205 Å². The van der Waals surface area contributed by atoms with Crippen LogP contribution in [0.4, 0.5) is 29.2 Å². The molecule has 13 heteroatoms. The first-order valence-corrected chi connectivity index (χ1v) is 11.8. The molecular weight excluding hydrogens is 472 g/mol. The van der Waals surface area contributed by atoms with E-state index in [0.29, 0.717) is 54.4 Å². The van der Waals surface area contributed by atoms with Crippen molar-refractivity contribution < 1.29 is 14.8 Å². The van der Waals surface area contributed by atoms with Crippen molar-refractivity contribution >= 4 is 47.2 Å². The number of benzene rings is 2. The predicted octanol–water partition coefficient (Wildman–Crippen LogP) is 2.89. The predicted molar refractivity (Wildman–Crippen MR) is 135 cm³/mol. The van der Waals surface area contributed by atoms with Crippen LogP contribution in [0.15, 0.2) is 58.5 Å². The van der Waals surface area contributed by atoms with Crippen LogP contribution in [0, 0.1) is 10.1 Å². The number of rotatable bonds is 10. The molecule has 3 N–H and O–H groups in total. The number of anilines is 4. The van der Waals surface area contributed by atoms with Crippen LogP contribution in [0.3, 0.4) is 0 Å². The number of nitrogens with one attached hydrogen (secondary N) is 2. The van der Waals surface area contributed by atoms with Gasteiger partial charge >= 0.3 is 0 Å². The molecular formula is C22H24N8O4S. The lowest BCUT2D eigenvalue weighted by atomic mass is 10.2.